The second-order valence-corrected chi connectivity index (χ2v) is 7.87. The molecule has 0 saturated heterocycles. The van der Waals surface area contributed by atoms with Gasteiger partial charge >= 0.3 is 0 Å². The van der Waals surface area contributed by atoms with Crippen molar-refractivity contribution >= 4 is 19.7 Å². The molecule has 1 heterocycles. The first-order valence-electron chi connectivity index (χ1n) is 5.87. The van der Waals surface area contributed by atoms with E-state index in [1.807, 2.05) is 0 Å². The van der Waals surface area contributed by atoms with Crippen LogP contribution in [0.15, 0.2) is 23.4 Å². The van der Waals surface area contributed by atoms with Crippen LogP contribution in [-0.2, 0) is 14.6 Å². The summed E-state index contributed by atoms with van der Waals surface area (Å²) >= 11 is 0. The van der Waals surface area contributed by atoms with E-state index in [9.17, 15) is 17.2 Å². The molecule has 0 unspecified atom stereocenters. The summed E-state index contributed by atoms with van der Waals surface area (Å²) in [7, 11) is 1.18. The van der Waals surface area contributed by atoms with Crippen LogP contribution in [0.25, 0.3) is 11.4 Å². The summed E-state index contributed by atoms with van der Waals surface area (Å²) in [5.74, 6) is -1.59. The maximum Gasteiger partial charge on any atom is 0.296 e. The largest absolute Gasteiger partial charge is 0.296 e. The van der Waals surface area contributed by atoms with Crippen LogP contribution in [0, 0.1) is 11.6 Å². The van der Waals surface area contributed by atoms with E-state index in [1.54, 1.807) is 20.8 Å². The molecule has 0 bridgehead atoms. The summed E-state index contributed by atoms with van der Waals surface area (Å²) in [5.41, 5.74) is -0.694. The van der Waals surface area contributed by atoms with Gasteiger partial charge in [0.15, 0.2) is 5.82 Å². The molecule has 0 aliphatic carbocycles. The summed E-state index contributed by atoms with van der Waals surface area (Å²) in [5, 5.41) is 6.78. The Labute approximate surface area is 125 Å². The molecule has 0 fully saturated rings. The van der Waals surface area contributed by atoms with Crippen LogP contribution in [-0.4, -0.2) is 23.2 Å². The van der Waals surface area contributed by atoms with Crippen molar-refractivity contribution in [3.63, 3.8) is 0 Å². The average molecular weight is 336 g/mol. The fraction of sp³-hybridized carbons (Fsp3) is 0.333. The van der Waals surface area contributed by atoms with E-state index < -0.39 is 31.4 Å². The Balaban J connectivity index is 2.79. The van der Waals surface area contributed by atoms with Crippen LogP contribution in [0.1, 0.15) is 20.8 Å². The topological polar surface area (TPSA) is 64.8 Å². The molecule has 0 N–H and O–H groups in total. The Morgan fingerprint density at radius 3 is 2.05 bits per heavy atom. The molecule has 1 aromatic carbocycles. The summed E-state index contributed by atoms with van der Waals surface area (Å²) in [4.78, 5) is 0. The van der Waals surface area contributed by atoms with Gasteiger partial charge < -0.3 is 0 Å². The van der Waals surface area contributed by atoms with Crippen LogP contribution in [0.2, 0.25) is 0 Å². The SMILES string of the molecule is CC(C)(C)n1c(-c2cc(F)cc(F)c2)nnc1S(=O)(=O)Cl. The molecule has 21 heavy (non-hydrogen) atoms. The van der Waals surface area contributed by atoms with Crippen LogP contribution in [0.4, 0.5) is 8.78 Å². The molecule has 9 heteroatoms. The van der Waals surface area contributed by atoms with Crippen molar-refractivity contribution in [1.82, 2.24) is 14.8 Å². The van der Waals surface area contributed by atoms with Crippen LogP contribution >= 0.6 is 10.7 Å². The minimum Gasteiger partial charge on any atom is -0.291 e. The molecule has 1 aromatic heterocycles. The van der Waals surface area contributed by atoms with E-state index in [-0.39, 0.29) is 11.4 Å². The molecule has 2 aromatic rings. The Hall–Kier alpha value is -1.54. The van der Waals surface area contributed by atoms with Crippen molar-refractivity contribution in [3.05, 3.63) is 29.8 Å². The van der Waals surface area contributed by atoms with Gasteiger partial charge in [0, 0.05) is 27.9 Å². The highest BCUT2D eigenvalue weighted by atomic mass is 35.7. The zero-order valence-electron chi connectivity index (χ0n) is 11.4. The number of hydrogen-bond acceptors (Lipinski definition) is 4. The van der Waals surface area contributed by atoms with Gasteiger partial charge in [0.05, 0.1) is 0 Å². The van der Waals surface area contributed by atoms with Crippen molar-refractivity contribution in [2.24, 2.45) is 0 Å². The van der Waals surface area contributed by atoms with E-state index in [2.05, 4.69) is 10.2 Å². The van der Waals surface area contributed by atoms with Gasteiger partial charge in [0.25, 0.3) is 14.2 Å². The Kier molecular flexibility index (Phi) is 3.79. The van der Waals surface area contributed by atoms with Crippen molar-refractivity contribution in [2.75, 3.05) is 0 Å². The second kappa shape index (κ2) is 5.03. The van der Waals surface area contributed by atoms with E-state index in [0.717, 1.165) is 12.1 Å². The third-order valence-electron chi connectivity index (χ3n) is 2.64. The lowest BCUT2D eigenvalue weighted by Crippen LogP contribution is -2.25. The van der Waals surface area contributed by atoms with Crippen LogP contribution < -0.4 is 0 Å². The Bertz CT molecular complexity index is 777. The standard InChI is InChI=1S/C12H12ClF2N3O2S/c1-12(2,3)18-10(16-17-11(18)21(13,19)20)7-4-8(14)6-9(15)5-7/h4-6H,1-3H3. The molecular formula is C12H12ClF2N3O2S. The van der Waals surface area contributed by atoms with E-state index in [1.165, 1.54) is 4.57 Å². The highest BCUT2D eigenvalue weighted by Crippen LogP contribution is 2.30. The van der Waals surface area contributed by atoms with Gasteiger partial charge in [-0.05, 0) is 32.9 Å². The highest BCUT2D eigenvalue weighted by Gasteiger charge is 2.30. The summed E-state index contributed by atoms with van der Waals surface area (Å²) < 4.78 is 51.1. The number of benzene rings is 1. The number of aromatic nitrogens is 3. The van der Waals surface area contributed by atoms with Gasteiger partial charge in [-0.15, -0.1) is 10.2 Å². The summed E-state index contributed by atoms with van der Waals surface area (Å²) in [6.07, 6.45) is 0. The smallest absolute Gasteiger partial charge is 0.291 e. The third-order valence-corrected chi connectivity index (χ3v) is 3.76. The van der Waals surface area contributed by atoms with Crippen LogP contribution in [0.3, 0.4) is 0 Å². The molecule has 2 rings (SSSR count). The fourth-order valence-corrected chi connectivity index (χ4v) is 2.92. The molecule has 0 radical (unpaired) electrons. The van der Waals surface area contributed by atoms with Crippen LogP contribution in [0.5, 0.6) is 0 Å². The first-order chi connectivity index (χ1) is 9.50. The second-order valence-electron chi connectivity index (χ2n) is 5.41. The maximum absolute atomic E-state index is 13.3. The number of halogens is 3. The zero-order chi connectivity index (χ0) is 16.0. The molecular weight excluding hydrogens is 324 g/mol. The summed E-state index contributed by atoms with van der Waals surface area (Å²) in [6, 6.07) is 2.79. The Morgan fingerprint density at radius 1 is 1.10 bits per heavy atom. The minimum atomic E-state index is -4.15. The first-order valence-corrected chi connectivity index (χ1v) is 8.18. The average Bonchev–Trinajstić information content (AvgIpc) is 2.70. The van der Waals surface area contributed by atoms with E-state index in [4.69, 9.17) is 10.7 Å². The third kappa shape index (κ3) is 3.21. The molecule has 0 saturated carbocycles. The van der Waals surface area contributed by atoms with Crippen molar-refractivity contribution in [2.45, 2.75) is 31.5 Å². The van der Waals surface area contributed by atoms with Gasteiger partial charge in [0.2, 0.25) is 0 Å². The van der Waals surface area contributed by atoms with Gasteiger partial charge in [-0.2, -0.15) is 0 Å². The van der Waals surface area contributed by atoms with E-state index >= 15 is 0 Å². The molecule has 0 aliphatic rings. The quantitative estimate of drug-likeness (QED) is 0.791. The fourth-order valence-electron chi connectivity index (χ4n) is 1.90. The lowest BCUT2D eigenvalue weighted by Gasteiger charge is -2.24. The van der Waals surface area contributed by atoms with Gasteiger partial charge in [-0.1, -0.05) is 0 Å². The summed E-state index contributed by atoms with van der Waals surface area (Å²) in [6.45, 7) is 5.09. The Morgan fingerprint density at radius 2 is 1.62 bits per heavy atom. The lowest BCUT2D eigenvalue weighted by molar-refractivity contribution is 0.367. The van der Waals surface area contributed by atoms with Crippen molar-refractivity contribution in [3.8, 4) is 11.4 Å². The van der Waals surface area contributed by atoms with Gasteiger partial charge in [0.1, 0.15) is 11.6 Å². The predicted octanol–water partition coefficient (Wildman–Crippen LogP) is 2.91. The number of hydrogen-bond donors (Lipinski definition) is 0. The zero-order valence-corrected chi connectivity index (χ0v) is 13.0. The molecule has 5 nitrogen and oxygen atoms in total. The first kappa shape index (κ1) is 15.8. The molecule has 114 valence electrons. The van der Waals surface area contributed by atoms with E-state index in [0.29, 0.717) is 6.07 Å². The van der Waals surface area contributed by atoms with Crippen molar-refractivity contribution < 1.29 is 17.2 Å². The minimum absolute atomic E-state index is 0.0140. The lowest BCUT2D eigenvalue weighted by atomic mass is 10.1. The highest BCUT2D eigenvalue weighted by molar-refractivity contribution is 8.13. The molecule has 0 aliphatic heterocycles. The monoisotopic (exact) mass is 335 g/mol. The molecule has 0 atom stereocenters. The maximum atomic E-state index is 13.3. The predicted molar refractivity (Wildman–Crippen MR) is 73.4 cm³/mol. The number of rotatable bonds is 2. The number of nitrogens with zero attached hydrogens (tertiary/aromatic N) is 3. The molecule has 0 amide bonds. The van der Waals surface area contributed by atoms with Crippen molar-refractivity contribution in [1.29, 1.82) is 0 Å². The molecule has 0 spiro atoms. The normalized spacial score (nSPS) is 12.7. The van der Waals surface area contributed by atoms with Gasteiger partial charge in [-0.25, -0.2) is 17.2 Å². The van der Waals surface area contributed by atoms with Gasteiger partial charge in [-0.3, -0.25) is 4.57 Å².